The monoisotopic (exact) mass is 439 g/mol. The number of likely N-dealkylation sites (N-methyl/N-ethyl adjacent to an activating group) is 1. The van der Waals surface area contributed by atoms with E-state index < -0.39 is 0 Å². The highest BCUT2D eigenvalue weighted by Gasteiger charge is 2.26. The molecule has 0 unspecified atom stereocenters. The van der Waals surface area contributed by atoms with Gasteiger partial charge in [-0.3, -0.25) is 9.69 Å². The molecule has 0 bridgehead atoms. The quantitative estimate of drug-likeness (QED) is 0.632. The molecule has 174 valence electrons. The fourth-order valence-corrected chi connectivity index (χ4v) is 4.30. The molecule has 6 nitrogen and oxygen atoms in total. The lowest BCUT2D eigenvalue weighted by Crippen LogP contribution is -2.47. The highest BCUT2D eigenvalue weighted by Crippen LogP contribution is 2.34. The minimum atomic E-state index is 0.0155. The Morgan fingerprint density at radius 3 is 2.19 bits per heavy atom. The number of ether oxygens (including phenoxy) is 2. The van der Waals surface area contributed by atoms with Gasteiger partial charge >= 0.3 is 0 Å². The first-order chi connectivity index (χ1) is 15.3. The summed E-state index contributed by atoms with van der Waals surface area (Å²) in [6.45, 7) is 11.6. The summed E-state index contributed by atoms with van der Waals surface area (Å²) >= 11 is 0. The van der Waals surface area contributed by atoms with E-state index in [1.807, 2.05) is 70.0 Å². The number of anilines is 1. The van der Waals surface area contributed by atoms with Gasteiger partial charge in [-0.2, -0.15) is 0 Å². The van der Waals surface area contributed by atoms with Gasteiger partial charge in [0.1, 0.15) is 18.1 Å². The Balaban J connectivity index is 1.45. The van der Waals surface area contributed by atoms with Gasteiger partial charge in [0, 0.05) is 38.4 Å². The molecule has 0 atom stereocenters. The van der Waals surface area contributed by atoms with Crippen molar-refractivity contribution in [1.82, 2.24) is 9.80 Å². The number of nitrogen functional groups attached to an aromatic ring is 1. The van der Waals surface area contributed by atoms with Crippen LogP contribution in [0.3, 0.4) is 0 Å². The average molecular weight is 440 g/mol. The van der Waals surface area contributed by atoms with Crippen molar-refractivity contribution in [3.8, 4) is 11.5 Å². The van der Waals surface area contributed by atoms with Gasteiger partial charge in [-0.1, -0.05) is 18.2 Å². The molecule has 0 spiro atoms. The van der Waals surface area contributed by atoms with Crippen LogP contribution in [0.1, 0.15) is 35.1 Å². The molecule has 0 radical (unpaired) electrons. The molecule has 2 aromatic rings. The van der Waals surface area contributed by atoms with Crippen LogP contribution in [0, 0.1) is 27.7 Å². The molecule has 32 heavy (non-hydrogen) atoms. The summed E-state index contributed by atoms with van der Waals surface area (Å²) in [5, 5.41) is 0. The topological polar surface area (TPSA) is 68.0 Å². The van der Waals surface area contributed by atoms with E-state index in [2.05, 4.69) is 4.90 Å². The molecule has 1 saturated heterocycles. The molecule has 1 amide bonds. The molecule has 1 aliphatic heterocycles. The number of nitrogens with two attached hydrogens (primary N) is 1. The number of hydrogen-bond acceptors (Lipinski definition) is 5. The third-order valence-corrected chi connectivity index (χ3v) is 6.87. The SMILES string of the molecule is Cc1c(C)c(OCC(=O)N(C)C2CCN(CCOc3ccccc3)CC2)c(C)c(C)c1N. The third kappa shape index (κ3) is 5.54. The fraction of sp³-hybridized carbons (Fsp3) is 0.500. The van der Waals surface area contributed by atoms with Crippen molar-refractivity contribution in [3.63, 3.8) is 0 Å². The van der Waals surface area contributed by atoms with Crippen LogP contribution in [0.5, 0.6) is 11.5 Å². The smallest absolute Gasteiger partial charge is 0.260 e. The number of piperidine rings is 1. The van der Waals surface area contributed by atoms with Crippen LogP contribution in [-0.2, 0) is 4.79 Å². The molecule has 2 aromatic carbocycles. The Morgan fingerprint density at radius 1 is 1.00 bits per heavy atom. The van der Waals surface area contributed by atoms with Crippen molar-refractivity contribution < 1.29 is 14.3 Å². The van der Waals surface area contributed by atoms with Crippen LogP contribution in [0.2, 0.25) is 0 Å². The van der Waals surface area contributed by atoms with E-state index in [0.29, 0.717) is 6.61 Å². The molecule has 6 heteroatoms. The summed E-state index contributed by atoms with van der Waals surface area (Å²) in [5.41, 5.74) is 11.0. The van der Waals surface area contributed by atoms with E-state index in [0.717, 1.165) is 71.9 Å². The Morgan fingerprint density at radius 2 is 1.59 bits per heavy atom. The van der Waals surface area contributed by atoms with Crippen LogP contribution >= 0.6 is 0 Å². The zero-order valence-corrected chi connectivity index (χ0v) is 20.1. The number of likely N-dealkylation sites (tertiary alicyclic amines) is 1. The van der Waals surface area contributed by atoms with Crippen molar-refractivity contribution in [2.24, 2.45) is 0 Å². The van der Waals surface area contributed by atoms with Crippen molar-refractivity contribution in [2.75, 3.05) is 45.6 Å². The van der Waals surface area contributed by atoms with Crippen LogP contribution in [0.15, 0.2) is 30.3 Å². The summed E-state index contributed by atoms with van der Waals surface area (Å²) in [6, 6.07) is 10.1. The molecule has 1 fully saturated rings. The van der Waals surface area contributed by atoms with E-state index in [1.54, 1.807) is 0 Å². The second kappa shape index (κ2) is 10.7. The number of benzene rings is 2. The number of nitrogens with zero attached hydrogens (tertiary/aromatic N) is 2. The zero-order chi connectivity index (χ0) is 23.3. The summed E-state index contributed by atoms with van der Waals surface area (Å²) < 4.78 is 11.8. The molecule has 1 aliphatic rings. The van der Waals surface area contributed by atoms with E-state index in [4.69, 9.17) is 15.2 Å². The summed E-state index contributed by atoms with van der Waals surface area (Å²) in [4.78, 5) is 17.1. The molecule has 3 rings (SSSR count). The second-order valence-electron chi connectivity index (χ2n) is 8.77. The molecule has 0 aromatic heterocycles. The largest absolute Gasteiger partial charge is 0.492 e. The number of hydrogen-bond donors (Lipinski definition) is 1. The highest BCUT2D eigenvalue weighted by atomic mass is 16.5. The Hall–Kier alpha value is -2.73. The minimum Gasteiger partial charge on any atom is -0.492 e. The Kier molecular flexibility index (Phi) is 8.02. The van der Waals surface area contributed by atoms with Crippen LogP contribution in [0.4, 0.5) is 5.69 Å². The van der Waals surface area contributed by atoms with Gasteiger partial charge in [0.05, 0.1) is 0 Å². The summed E-state index contributed by atoms with van der Waals surface area (Å²) in [6.07, 6.45) is 1.93. The van der Waals surface area contributed by atoms with Crippen molar-refractivity contribution in [2.45, 2.75) is 46.6 Å². The lowest BCUT2D eigenvalue weighted by molar-refractivity contribution is -0.135. The summed E-state index contributed by atoms with van der Waals surface area (Å²) in [5.74, 6) is 1.70. The molecule has 1 heterocycles. The van der Waals surface area contributed by atoms with E-state index >= 15 is 0 Å². The summed E-state index contributed by atoms with van der Waals surface area (Å²) in [7, 11) is 1.89. The lowest BCUT2D eigenvalue weighted by atomic mass is 9.97. The normalized spacial score (nSPS) is 14.9. The number of carbonyl (C=O) groups is 1. The predicted octanol–water partition coefficient (Wildman–Crippen LogP) is 3.88. The number of amides is 1. The van der Waals surface area contributed by atoms with Crippen molar-refractivity contribution in [3.05, 3.63) is 52.6 Å². The van der Waals surface area contributed by atoms with Gasteiger partial charge < -0.3 is 20.1 Å². The van der Waals surface area contributed by atoms with Crippen molar-refractivity contribution in [1.29, 1.82) is 0 Å². The highest BCUT2D eigenvalue weighted by molar-refractivity contribution is 5.78. The maximum atomic E-state index is 12.8. The van der Waals surface area contributed by atoms with Gasteiger partial charge in [-0.25, -0.2) is 0 Å². The predicted molar refractivity (Wildman–Crippen MR) is 129 cm³/mol. The van der Waals surface area contributed by atoms with E-state index in [9.17, 15) is 4.79 Å². The van der Waals surface area contributed by atoms with Gasteiger partial charge in [0.15, 0.2) is 6.61 Å². The first-order valence-corrected chi connectivity index (χ1v) is 11.4. The first-order valence-electron chi connectivity index (χ1n) is 11.4. The minimum absolute atomic E-state index is 0.0155. The average Bonchev–Trinajstić information content (AvgIpc) is 2.82. The Bertz CT molecular complexity index is 893. The zero-order valence-electron chi connectivity index (χ0n) is 20.1. The van der Waals surface area contributed by atoms with Crippen molar-refractivity contribution >= 4 is 11.6 Å². The standard InChI is InChI=1S/C26H37N3O3/c1-18-20(3)26(21(4)19(2)25(18)27)32-17-24(30)28(5)22-11-13-29(14-12-22)15-16-31-23-9-7-6-8-10-23/h6-10,22H,11-17,27H2,1-5H3. The van der Waals surface area contributed by atoms with Gasteiger partial charge in [0.2, 0.25) is 0 Å². The van der Waals surface area contributed by atoms with E-state index in [1.165, 1.54) is 0 Å². The van der Waals surface area contributed by atoms with Gasteiger partial charge in [-0.15, -0.1) is 0 Å². The van der Waals surface area contributed by atoms with Crippen LogP contribution < -0.4 is 15.2 Å². The molecule has 0 saturated carbocycles. The number of carbonyl (C=O) groups excluding carboxylic acids is 1. The maximum absolute atomic E-state index is 12.8. The van der Waals surface area contributed by atoms with Gasteiger partial charge in [-0.05, 0) is 74.9 Å². The van der Waals surface area contributed by atoms with E-state index in [-0.39, 0.29) is 18.6 Å². The van der Waals surface area contributed by atoms with Crippen LogP contribution in [-0.4, -0.2) is 61.6 Å². The lowest BCUT2D eigenvalue weighted by Gasteiger charge is -2.36. The fourth-order valence-electron chi connectivity index (χ4n) is 4.30. The number of para-hydroxylation sites is 1. The third-order valence-electron chi connectivity index (χ3n) is 6.87. The maximum Gasteiger partial charge on any atom is 0.260 e. The van der Waals surface area contributed by atoms with Gasteiger partial charge in [0.25, 0.3) is 5.91 Å². The first kappa shape index (κ1) is 23.9. The number of rotatable bonds is 8. The second-order valence-corrected chi connectivity index (χ2v) is 8.77. The molecule has 0 aliphatic carbocycles. The molecular formula is C26H37N3O3. The molecular weight excluding hydrogens is 402 g/mol. The van der Waals surface area contributed by atoms with Crippen LogP contribution in [0.25, 0.3) is 0 Å². The Labute approximate surface area is 192 Å². The molecule has 2 N–H and O–H groups in total.